The van der Waals surface area contributed by atoms with Gasteiger partial charge >= 0.3 is 0 Å². The third kappa shape index (κ3) is 2.90. The highest BCUT2D eigenvalue weighted by molar-refractivity contribution is 7.89. The van der Waals surface area contributed by atoms with E-state index in [-0.39, 0.29) is 16.1 Å². The molecule has 114 valence electrons. The molecule has 1 atom stereocenters. The molecule has 8 heteroatoms. The predicted octanol–water partition coefficient (Wildman–Crippen LogP) is 2.04. The first-order valence-electron chi connectivity index (χ1n) is 6.26. The molecule has 0 amide bonds. The minimum absolute atomic E-state index is 0.0255. The number of hydrogen-bond donors (Lipinski definition) is 1. The lowest BCUT2D eigenvalue weighted by Gasteiger charge is -2.25. The molecule has 0 saturated heterocycles. The number of hydrogen-bond acceptors (Lipinski definition) is 4. The zero-order valence-corrected chi connectivity index (χ0v) is 13.6. The Bertz CT molecular complexity index is 738. The van der Waals surface area contributed by atoms with Crippen molar-refractivity contribution in [2.45, 2.75) is 18.0 Å². The van der Waals surface area contributed by atoms with Crippen molar-refractivity contribution in [2.24, 2.45) is 7.05 Å². The van der Waals surface area contributed by atoms with Gasteiger partial charge in [0.15, 0.2) is 5.03 Å². The van der Waals surface area contributed by atoms with Gasteiger partial charge in [-0.05, 0) is 24.6 Å². The topological polar surface area (TPSA) is 81.2 Å². The van der Waals surface area contributed by atoms with Crippen molar-refractivity contribution in [3.63, 3.8) is 0 Å². The van der Waals surface area contributed by atoms with Crippen molar-refractivity contribution >= 4 is 27.3 Å². The Morgan fingerprint density at radius 3 is 2.62 bits per heavy atom. The summed E-state index contributed by atoms with van der Waals surface area (Å²) in [6.07, 6.45) is 1.31. The summed E-state index contributed by atoms with van der Waals surface area (Å²) in [7, 11) is -0.710. The van der Waals surface area contributed by atoms with Crippen LogP contribution in [0.2, 0.25) is 5.02 Å². The first kappa shape index (κ1) is 15.8. The van der Waals surface area contributed by atoms with Crippen LogP contribution in [0.1, 0.15) is 18.5 Å². The molecule has 0 radical (unpaired) electrons. The summed E-state index contributed by atoms with van der Waals surface area (Å²) in [6, 6.07) is 6.74. The number of aromatic nitrogens is 2. The molecule has 0 aliphatic rings. The SMILES string of the molecule is CC(c1cccc(N)c1)N(C)S(=O)(=O)c1c(Cl)cnn1C. The quantitative estimate of drug-likeness (QED) is 0.871. The predicted molar refractivity (Wildman–Crippen MR) is 82.4 cm³/mol. The number of halogens is 1. The summed E-state index contributed by atoms with van der Waals surface area (Å²) >= 11 is 5.94. The molecular weight excluding hydrogens is 312 g/mol. The first-order valence-corrected chi connectivity index (χ1v) is 8.08. The summed E-state index contributed by atoms with van der Waals surface area (Å²) in [5, 5.41) is 3.95. The number of benzene rings is 1. The van der Waals surface area contributed by atoms with E-state index in [1.807, 2.05) is 6.07 Å². The summed E-state index contributed by atoms with van der Waals surface area (Å²) < 4.78 is 27.9. The van der Waals surface area contributed by atoms with Gasteiger partial charge in [0.1, 0.15) is 0 Å². The Labute approximate surface area is 129 Å². The standard InChI is InChI=1S/C13H17ClN4O2S/c1-9(10-5-4-6-11(15)7-10)18(3)21(19,20)13-12(14)8-16-17(13)2/h4-9H,15H2,1-3H3. The molecule has 0 aliphatic carbocycles. The second kappa shape index (κ2) is 5.67. The van der Waals surface area contributed by atoms with E-state index in [0.717, 1.165) is 5.56 Å². The van der Waals surface area contributed by atoms with Crippen molar-refractivity contribution < 1.29 is 8.42 Å². The third-order valence-electron chi connectivity index (χ3n) is 3.40. The van der Waals surface area contributed by atoms with E-state index in [4.69, 9.17) is 17.3 Å². The molecule has 0 fully saturated rings. The molecule has 2 aromatic rings. The molecule has 0 saturated carbocycles. The maximum atomic E-state index is 12.7. The molecule has 0 aliphatic heterocycles. The van der Waals surface area contributed by atoms with Crippen LogP contribution in [-0.2, 0) is 17.1 Å². The summed E-state index contributed by atoms with van der Waals surface area (Å²) in [4.78, 5) is 0. The molecule has 6 nitrogen and oxygen atoms in total. The fourth-order valence-corrected chi connectivity index (χ4v) is 4.01. The van der Waals surface area contributed by atoms with E-state index in [1.165, 1.54) is 29.3 Å². The van der Waals surface area contributed by atoms with Crippen molar-refractivity contribution in [1.29, 1.82) is 0 Å². The largest absolute Gasteiger partial charge is 0.399 e. The lowest BCUT2D eigenvalue weighted by atomic mass is 10.1. The van der Waals surface area contributed by atoms with Crippen LogP contribution < -0.4 is 5.73 Å². The molecule has 2 rings (SSSR count). The Balaban J connectivity index is 2.41. The summed E-state index contributed by atoms with van der Waals surface area (Å²) in [6.45, 7) is 1.79. The highest BCUT2D eigenvalue weighted by Crippen LogP contribution is 2.29. The molecule has 0 spiro atoms. The molecule has 2 N–H and O–H groups in total. The van der Waals surface area contributed by atoms with Gasteiger partial charge in [0.05, 0.1) is 11.2 Å². The van der Waals surface area contributed by atoms with Crippen LogP contribution >= 0.6 is 11.6 Å². The van der Waals surface area contributed by atoms with E-state index in [0.29, 0.717) is 5.69 Å². The number of aryl methyl sites for hydroxylation is 1. The van der Waals surface area contributed by atoms with Crippen LogP contribution in [-0.4, -0.2) is 29.6 Å². The number of nitrogen functional groups attached to an aromatic ring is 1. The van der Waals surface area contributed by atoms with E-state index < -0.39 is 10.0 Å². The van der Waals surface area contributed by atoms with E-state index in [2.05, 4.69) is 5.10 Å². The number of nitrogens with two attached hydrogens (primary N) is 1. The van der Waals surface area contributed by atoms with Gasteiger partial charge in [-0.25, -0.2) is 8.42 Å². The maximum Gasteiger partial charge on any atom is 0.262 e. The Hall–Kier alpha value is -1.57. The van der Waals surface area contributed by atoms with Crippen molar-refractivity contribution in [3.05, 3.63) is 41.0 Å². The van der Waals surface area contributed by atoms with Gasteiger partial charge in [0.2, 0.25) is 0 Å². The average Bonchev–Trinajstić information content (AvgIpc) is 2.77. The second-order valence-electron chi connectivity index (χ2n) is 4.79. The van der Waals surface area contributed by atoms with Gasteiger partial charge in [-0.2, -0.15) is 9.40 Å². The maximum absolute atomic E-state index is 12.7. The lowest BCUT2D eigenvalue weighted by molar-refractivity contribution is 0.393. The van der Waals surface area contributed by atoms with E-state index >= 15 is 0 Å². The Kier molecular flexibility index (Phi) is 4.27. The number of rotatable bonds is 4. The van der Waals surface area contributed by atoms with Crippen LogP contribution in [0.25, 0.3) is 0 Å². The van der Waals surface area contributed by atoms with Crippen LogP contribution in [0.3, 0.4) is 0 Å². The summed E-state index contributed by atoms with van der Waals surface area (Å²) in [5.41, 5.74) is 7.14. The van der Waals surface area contributed by atoms with Crippen molar-refractivity contribution in [2.75, 3.05) is 12.8 Å². The molecular formula is C13H17ClN4O2S. The zero-order chi connectivity index (χ0) is 15.8. The second-order valence-corrected chi connectivity index (χ2v) is 7.11. The van der Waals surface area contributed by atoms with Crippen LogP contribution in [0.5, 0.6) is 0 Å². The van der Waals surface area contributed by atoms with Crippen molar-refractivity contribution in [1.82, 2.24) is 14.1 Å². The number of anilines is 1. The Morgan fingerprint density at radius 1 is 1.43 bits per heavy atom. The van der Waals surface area contributed by atoms with Crippen LogP contribution in [0, 0.1) is 0 Å². The zero-order valence-electron chi connectivity index (χ0n) is 12.0. The Morgan fingerprint density at radius 2 is 2.10 bits per heavy atom. The van der Waals surface area contributed by atoms with E-state index in [1.54, 1.807) is 25.1 Å². The molecule has 1 unspecified atom stereocenters. The minimum Gasteiger partial charge on any atom is -0.399 e. The molecule has 1 aromatic heterocycles. The normalized spacial score (nSPS) is 13.6. The number of nitrogens with zero attached hydrogens (tertiary/aromatic N) is 3. The monoisotopic (exact) mass is 328 g/mol. The average molecular weight is 329 g/mol. The first-order chi connectivity index (χ1) is 9.75. The van der Waals surface area contributed by atoms with Gasteiger partial charge in [0.25, 0.3) is 10.0 Å². The molecule has 1 heterocycles. The molecule has 1 aromatic carbocycles. The van der Waals surface area contributed by atoms with Crippen LogP contribution in [0.15, 0.2) is 35.5 Å². The smallest absolute Gasteiger partial charge is 0.262 e. The van der Waals surface area contributed by atoms with Gasteiger partial charge in [0, 0.05) is 25.8 Å². The van der Waals surface area contributed by atoms with E-state index in [9.17, 15) is 8.42 Å². The lowest BCUT2D eigenvalue weighted by Crippen LogP contribution is -2.31. The van der Waals surface area contributed by atoms with Crippen molar-refractivity contribution in [3.8, 4) is 0 Å². The fourth-order valence-electron chi connectivity index (χ4n) is 2.06. The van der Waals surface area contributed by atoms with Gasteiger partial charge in [-0.15, -0.1) is 0 Å². The number of sulfonamides is 1. The van der Waals surface area contributed by atoms with Gasteiger partial charge in [-0.3, -0.25) is 4.68 Å². The van der Waals surface area contributed by atoms with Crippen LogP contribution in [0.4, 0.5) is 5.69 Å². The fraction of sp³-hybridized carbons (Fsp3) is 0.308. The van der Waals surface area contributed by atoms with Gasteiger partial charge in [-0.1, -0.05) is 23.7 Å². The third-order valence-corrected chi connectivity index (χ3v) is 5.84. The highest BCUT2D eigenvalue weighted by atomic mass is 35.5. The molecule has 21 heavy (non-hydrogen) atoms. The highest BCUT2D eigenvalue weighted by Gasteiger charge is 2.31. The van der Waals surface area contributed by atoms with Gasteiger partial charge < -0.3 is 5.73 Å². The minimum atomic E-state index is -3.76. The summed E-state index contributed by atoms with van der Waals surface area (Å²) in [5.74, 6) is 0. The molecule has 0 bridgehead atoms.